The van der Waals surface area contributed by atoms with Gasteiger partial charge in [0, 0.05) is 13.0 Å². The van der Waals surface area contributed by atoms with E-state index in [0.717, 1.165) is 0 Å². The van der Waals surface area contributed by atoms with Crippen molar-refractivity contribution in [3.63, 3.8) is 0 Å². The highest BCUT2D eigenvalue weighted by atomic mass is 16.5. The molecule has 0 rings (SSSR count). The first kappa shape index (κ1) is 36.5. The van der Waals surface area contributed by atoms with E-state index in [1.807, 2.05) is 19.2 Å². The fourth-order valence-corrected chi connectivity index (χ4v) is 2.99. The van der Waals surface area contributed by atoms with Crippen molar-refractivity contribution in [2.75, 3.05) is 26.3 Å². The van der Waals surface area contributed by atoms with Crippen molar-refractivity contribution in [2.24, 2.45) is 11.7 Å². The number of carbonyl (C=O) groups excluding carboxylic acids is 5. The number of amides is 4. The van der Waals surface area contributed by atoms with Crippen LogP contribution in [0.4, 0.5) is 0 Å². The van der Waals surface area contributed by atoms with E-state index in [0.29, 0.717) is 0 Å². The molecule has 11 N–H and O–H groups in total. The van der Waals surface area contributed by atoms with Gasteiger partial charge in [-0.1, -0.05) is 13.8 Å². The van der Waals surface area contributed by atoms with Crippen LogP contribution in [-0.2, 0) is 38.3 Å². The highest BCUT2D eigenvalue weighted by molar-refractivity contribution is 5.95. The van der Waals surface area contributed by atoms with Crippen molar-refractivity contribution in [1.82, 2.24) is 26.6 Å². The molecule has 0 bridgehead atoms. The predicted molar refractivity (Wildman–Crippen MR) is 140 cm³/mol. The van der Waals surface area contributed by atoms with Gasteiger partial charge in [0.15, 0.2) is 5.96 Å². The van der Waals surface area contributed by atoms with E-state index in [4.69, 9.17) is 31.2 Å². The van der Waals surface area contributed by atoms with Gasteiger partial charge < -0.3 is 52.4 Å². The number of hydrogen-bond donors (Lipinski definition) is 10. The number of aliphatic hydroxyl groups is 1. The molecule has 0 aliphatic heterocycles. The molecule has 4 amide bonds. The number of esters is 1. The molecule has 0 radical (unpaired) electrons. The molecular formula is C23H39N7O11. The summed E-state index contributed by atoms with van der Waals surface area (Å²) in [7, 11) is 0. The Bertz CT molecular complexity index is 958. The van der Waals surface area contributed by atoms with Crippen LogP contribution >= 0.6 is 0 Å². The zero-order valence-corrected chi connectivity index (χ0v) is 22.9. The van der Waals surface area contributed by atoms with Crippen molar-refractivity contribution in [3.05, 3.63) is 0 Å². The maximum absolute atomic E-state index is 12.7. The molecule has 18 nitrogen and oxygen atoms in total. The second kappa shape index (κ2) is 19.6. The standard InChI is InChI=1S/C23H39N7O11/c1-12(2)11-41-19(36)6-5-16(32)28-13(4-3-7-26-23(24)25)20(37)27-9-17(33)29-14(8-18(34)35)21(38)30-15(10-31)22(39)40/h12-15,31H,3-11H2,1-2H3,(H,27,37)(H,28,32)(H,29,33)(H,30,38)(H,34,35)(H,39,40)(H4,24,25,26). The van der Waals surface area contributed by atoms with Gasteiger partial charge in [0.2, 0.25) is 23.6 Å². The van der Waals surface area contributed by atoms with Gasteiger partial charge in [-0.15, -0.1) is 0 Å². The molecule has 3 unspecified atom stereocenters. The molecule has 232 valence electrons. The highest BCUT2D eigenvalue weighted by Crippen LogP contribution is 2.02. The number of carbonyl (C=O) groups is 7. The largest absolute Gasteiger partial charge is 0.481 e. The number of nitrogens with two attached hydrogens (primary N) is 1. The summed E-state index contributed by atoms with van der Waals surface area (Å²) in [4.78, 5) is 83.6. The summed E-state index contributed by atoms with van der Waals surface area (Å²) in [5.74, 6) is -7.54. The molecule has 0 saturated carbocycles. The van der Waals surface area contributed by atoms with Crippen LogP contribution in [0.3, 0.4) is 0 Å². The number of rotatable bonds is 20. The topological polar surface area (TPSA) is 299 Å². The molecule has 0 saturated heterocycles. The zero-order valence-electron chi connectivity index (χ0n) is 22.9. The smallest absolute Gasteiger partial charge is 0.328 e. The zero-order chi connectivity index (χ0) is 31.5. The van der Waals surface area contributed by atoms with Crippen molar-refractivity contribution in [2.45, 2.75) is 64.1 Å². The number of aliphatic carboxylic acids is 2. The Morgan fingerprint density at radius 2 is 1.49 bits per heavy atom. The molecule has 0 aliphatic rings. The number of aliphatic hydroxyl groups excluding tert-OH is 1. The molecule has 0 aliphatic carbocycles. The van der Waals surface area contributed by atoms with Gasteiger partial charge in [-0.25, -0.2) is 4.79 Å². The molecule has 0 fully saturated rings. The van der Waals surface area contributed by atoms with Crippen LogP contribution in [0.1, 0.15) is 46.0 Å². The van der Waals surface area contributed by atoms with Gasteiger partial charge in [0.25, 0.3) is 0 Å². The predicted octanol–water partition coefficient (Wildman–Crippen LogP) is -3.65. The lowest BCUT2D eigenvalue weighted by atomic mass is 10.1. The monoisotopic (exact) mass is 589 g/mol. The molecule has 18 heteroatoms. The van der Waals surface area contributed by atoms with Crippen LogP contribution < -0.4 is 32.3 Å². The third-order valence-electron chi connectivity index (χ3n) is 5.02. The Morgan fingerprint density at radius 1 is 0.854 bits per heavy atom. The van der Waals surface area contributed by atoms with E-state index in [9.17, 15) is 33.6 Å². The number of hydrogen-bond acceptors (Lipinski definition) is 10. The second-order valence-corrected chi connectivity index (χ2v) is 9.20. The SMILES string of the molecule is CC(C)COC(=O)CCC(=O)NC(CCCNC(=N)N)C(=O)NCC(=O)NC(CC(=O)O)C(=O)NC(CO)C(=O)O. The minimum atomic E-state index is -1.74. The lowest BCUT2D eigenvalue weighted by Gasteiger charge is -2.21. The maximum Gasteiger partial charge on any atom is 0.328 e. The number of carboxylic acids is 2. The third kappa shape index (κ3) is 17.7. The van der Waals surface area contributed by atoms with Crippen molar-refractivity contribution < 1.29 is 53.6 Å². The van der Waals surface area contributed by atoms with Crippen molar-refractivity contribution in [1.29, 1.82) is 5.41 Å². The summed E-state index contributed by atoms with van der Waals surface area (Å²) >= 11 is 0. The number of ether oxygens (including phenoxy) is 1. The first-order valence-electron chi connectivity index (χ1n) is 12.6. The molecule has 3 atom stereocenters. The molecule has 0 heterocycles. The van der Waals surface area contributed by atoms with Gasteiger partial charge in [-0.3, -0.25) is 34.2 Å². The number of nitrogens with one attached hydrogen (secondary N) is 6. The lowest BCUT2D eigenvalue weighted by Crippen LogP contribution is -2.55. The minimum Gasteiger partial charge on any atom is -0.481 e. The van der Waals surface area contributed by atoms with Crippen LogP contribution in [-0.4, -0.2) is 107 Å². The Labute approximate surface area is 235 Å². The summed E-state index contributed by atoms with van der Waals surface area (Å²) in [6.45, 7) is 2.33. The molecule has 0 aromatic heterocycles. The molecule has 0 spiro atoms. The van der Waals surface area contributed by atoms with E-state index in [1.165, 1.54) is 0 Å². The summed E-state index contributed by atoms with van der Waals surface area (Å²) in [5, 5.41) is 45.3. The normalized spacial score (nSPS) is 12.7. The van der Waals surface area contributed by atoms with Crippen LogP contribution in [0.25, 0.3) is 0 Å². The van der Waals surface area contributed by atoms with Crippen molar-refractivity contribution in [3.8, 4) is 0 Å². The van der Waals surface area contributed by atoms with Gasteiger partial charge >= 0.3 is 17.9 Å². The molecule has 0 aromatic carbocycles. The Hall–Kier alpha value is -4.48. The quantitative estimate of drug-likeness (QED) is 0.0284. The Kier molecular flexibility index (Phi) is 17.4. The fourth-order valence-electron chi connectivity index (χ4n) is 2.99. The Balaban J connectivity index is 5.17. The first-order valence-corrected chi connectivity index (χ1v) is 12.6. The number of carboxylic acid groups (broad SMARTS) is 2. The second-order valence-electron chi connectivity index (χ2n) is 9.20. The van der Waals surface area contributed by atoms with Crippen LogP contribution in [0.15, 0.2) is 0 Å². The maximum atomic E-state index is 12.7. The Morgan fingerprint density at radius 3 is 2.02 bits per heavy atom. The molecule has 41 heavy (non-hydrogen) atoms. The van der Waals surface area contributed by atoms with Gasteiger partial charge in [-0.05, 0) is 18.8 Å². The highest BCUT2D eigenvalue weighted by Gasteiger charge is 2.28. The molecular weight excluding hydrogens is 550 g/mol. The average molecular weight is 590 g/mol. The summed E-state index contributed by atoms with van der Waals surface area (Å²) in [6.07, 6.45) is -1.13. The first-order chi connectivity index (χ1) is 19.2. The average Bonchev–Trinajstić information content (AvgIpc) is 2.88. The summed E-state index contributed by atoms with van der Waals surface area (Å²) in [6, 6.07) is -4.64. The lowest BCUT2D eigenvalue weighted by molar-refractivity contribution is -0.146. The number of guanidine groups is 1. The van der Waals surface area contributed by atoms with E-state index < -0.39 is 79.2 Å². The fraction of sp³-hybridized carbons (Fsp3) is 0.652. The van der Waals surface area contributed by atoms with Gasteiger partial charge in [-0.2, -0.15) is 0 Å². The van der Waals surface area contributed by atoms with Crippen LogP contribution in [0, 0.1) is 11.3 Å². The minimum absolute atomic E-state index is 0.0407. The van der Waals surface area contributed by atoms with Crippen LogP contribution in [0.2, 0.25) is 0 Å². The van der Waals surface area contributed by atoms with E-state index >= 15 is 0 Å². The summed E-state index contributed by atoms with van der Waals surface area (Å²) in [5.41, 5.74) is 5.21. The van der Waals surface area contributed by atoms with E-state index in [1.54, 1.807) is 0 Å². The molecule has 0 aromatic rings. The van der Waals surface area contributed by atoms with E-state index in [-0.39, 0.29) is 50.7 Å². The van der Waals surface area contributed by atoms with Crippen molar-refractivity contribution >= 4 is 47.5 Å². The third-order valence-corrected chi connectivity index (χ3v) is 5.02. The van der Waals surface area contributed by atoms with Gasteiger partial charge in [0.1, 0.15) is 18.1 Å². The van der Waals surface area contributed by atoms with Crippen LogP contribution in [0.5, 0.6) is 0 Å². The van der Waals surface area contributed by atoms with E-state index in [2.05, 4.69) is 21.3 Å². The van der Waals surface area contributed by atoms with Gasteiger partial charge in [0.05, 0.1) is 32.6 Å². The summed E-state index contributed by atoms with van der Waals surface area (Å²) < 4.78 is 5.00.